The van der Waals surface area contributed by atoms with E-state index in [2.05, 4.69) is 5.32 Å². The van der Waals surface area contributed by atoms with Crippen LogP contribution in [0.2, 0.25) is 0 Å². The SMILES string of the molecule is O=C(NCCc1ccccc1)c1cc(C(=O)C(F)(F)F)cs1. The van der Waals surface area contributed by atoms with E-state index in [0.717, 1.165) is 28.3 Å². The number of hydrogen-bond acceptors (Lipinski definition) is 3. The van der Waals surface area contributed by atoms with E-state index in [9.17, 15) is 22.8 Å². The Hall–Kier alpha value is -2.15. The van der Waals surface area contributed by atoms with Crippen LogP contribution in [0.5, 0.6) is 0 Å². The summed E-state index contributed by atoms with van der Waals surface area (Å²) in [7, 11) is 0. The molecule has 0 aliphatic carbocycles. The van der Waals surface area contributed by atoms with Gasteiger partial charge in [0.1, 0.15) is 0 Å². The first-order chi connectivity index (χ1) is 10.4. The van der Waals surface area contributed by atoms with E-state index in [-0.39, 0.29) is 4.88 Å². The Labute approximate surface area is 128 Å². The molecule has 7 heteroatoms. The van der Waals surface area contributed by atoms with Crippen molar-refractivity contribution in [1.29, 1.82) is 0 Å². The molecule has 0 saturated carbocycles. The summed E-state index contributed by atoms with van der Waals surface area (Å²) in [6.07, 6.45) is -4.31. The van der Waals surface area contributed by atoms with Crippen molar-refractivity contribution >= 4 is 23.0 Å². The standard InChI is InChI=1S/C15H12F3NO2S/c16-15(17,18)13(20)11-8-12(22-9-11)14(21)19-7-6-10-4-2-1-3-5-10/h1-5,8-9H,6-7H2,(H,19,21). The fourth-order valence-corrected chi connectivity index (χ4v) is 2.59. The normalized spacial score (nSPS) is 11.2. The molecule has 0 radical (unpaired) electrons. The number of benzene rings is 1. The minimum absolute atomic E-state index is 0.0839. The highest BCUT2D eigenvalue weighted by atomic mass is 32.1. The fraction of sp³-hybridized carbons (Fsp3) is 0.200. The second kappa shape index (κ2) is 6.74. The van der Waals surface area contributed by atoms with Gasteiger partial charge >= 0.3 is 6.18 Å². The average molecular weight is 327 g/mol. The van der Waals surface area contributed by atoms with Crippen molar-refractivity contribution in [2.75, 3.05) is 6.54 Å². The van der Waals surface area contributed by atoms with Crippen LogP contribution in [0.15, 0.2) is 41.8 Å². The molecule has 1 heterocycles. The Bertz CT molecular complexity index is 665. The Kier molecular flexibility index (Phi) is 4.97. The van der Waals surface area contributed by atoms with Gasteiger partial charge in [-0.15, -0.1) is 11.3 Å². The lowest BCUT2D eigenvalue weighted by Gasteiger charge is -2.04. The van der Waals surface area contributed by atoms with Crippen LogP contribution >= 0.6 is 11.3 Å². The van der Waals surface area contributed by atoms with Crippen molar-refractivity contribution < 1.29 is 22.8 Å². The first kappa shape index (κ1) is 16.2. The molecule has 1 N–H and O–H groups in total. The molecule has 0 saturated heterocycles. The van der Waals surface area contributed by atoms with Crippen molar-refractivity contribution in [3.05, 3.63) is 57.8 Å². The number of halogens is 3. The summed E-state index contributed by atoms with van der Waals surface area (Å²) in [5.74, 6) is -2.42. The van der Waals surface area contributed by atoms with Gasteiger partial charge in [-0.1, -0.05) is 30.3 Å². The lowest BCUT2D eigenvalue weighted by molar-refractivity contribution is -0.0884. The molecule has 0 atom stereocenters. The molecule has 1 amide bonds. The van der Waals surface area contributed by atoms with E-state index >= 15 is 0 Å². The summed E-state index contributed by atoms with van der Waals surface area (Å²) in [5, 5.41) is 3.66. The van der Waals surface area contributed by atoms with Crippen LogP contribution in [0.3, 0.4) is 0 Å². The molecule has 116 valence electrons. The third kappa shape index (κ3) is 4.17. The Morgan fingerprint density at radius 3 is 2.45 bits per heavy atom. The predicted octanol–water partition coefficient (Wildman–Crippen LogP) is 3.47. The third-order valence-corrected chi connectivity index (χ3v) is 3.81. The van der Waals surface area contributed by atoms with Gasteiger partial charge < -0.3 is 5.32 Å². The molecule has 0 unspecified atom stereocenters. The fourth-order valence-electron chi connectivity index (χ4n) is 1.79. The second-order valence-electron chi connectivity index (χ2n) is 4.52. The summed E-state index contributed by atoms with van der Waals surface area (Å²) in [6.45, 7) is 0.364. The van der Waals surface area contributed by atoms with Gasteiger partial charge in [-0.05, 0) is 18.1 Å². The van der Waals surface area contributed by atoms with Gasteiger partial charge in [0.15, 0.2) is 0 Å². The highest BCUT2D eigenvalue weighted by Gasteiger charge is 2.39. The van der Waals surface area contributed by atoms with E-state index in [1.807, 2.05) is 30.3 Å². The molecule has 1 aromatic heterocycles. The largest absolute Gasteiger partial charge is 0.454 e. The predicted molar refractivity (Wildman–Crippen MR) is 77.2 cm³/mol. The van der Waals surface area contributed by atoms with Crippen LogP contribution in [0.4, 0.5) is 13.2 Å². The Morgan fingerprint density at radius 1 is 1.14 bits per heavy atom. The van der Waals surface area contributed by atoms with Gasteiger partial charge in [-0.3, -0.25) is 9.59 Å². The number of carbonyl (C=O) groups is 2. The molecule has 3 nitrogen and oxygen atoms in total. The van der Waals surface area contributed by atoms with Crippen LogP contribution in [0.25, 0.3) is 0 Å². The number of thiophene rings is 1. The number of carbonyl (C=O) groups excluding carboxylic acids is 2. The zero-order valence-corrected chi connectivity index (χ0v) is 12.1. The zero-order valence-electron chi connectivity index (χ0n) is 11.3. The van der Waals surface area contributed by atoms with E-state index in [1.54, 1.807) is 0 Å². The van der Waals surface area contributed by atoms with Crippen molar-refractivity contribution in [2.24, 2.45) is 0 Å². The molecule has 2 aromatic rings. The van der Waals surface area contributed by atoms with Crippen molar-refractivity contribution in [3.8, 4) is 0 Å². The number of alkyl halides is 3. The van der Waals surface area contributed by atoms with Crippen LogP contribution < -0.4 is 5.32 Å². The van der Waals surface area contributed by atoms with Gasteiger partial charge in [-0.2, -0.15) is 13.2 Å². The van der Waals surface area contributed by atoms with Crippen LogP contribution in [-0.2, 0) is 6.42 Å². The van der Waals surface area contributed by atoms with Gasteiger partial charge in [0, 0.05) is 17.5 Å². The molecule has 0 fully saturated rings. The number of Topliss-reactive ketones (excluding diaryl/α,β-unsaturated/α-hetero) is 1. The first-order valence-electron chi connectivity index (χ1n) is 6.40. The van der Waals surface area contributed by atoms with E-state index in [4.69, 9.17) is 0 Å². The second-order valence-corrected chi connectivity index (χ2v) is 5.43. The minimum atomic E-state index is -4.93. The van der Waals surface area contributed by atoms with Gasteiger partial charge in [0.2, 0.25) is 0 Å². The molecular weight excluding hydrogens is 315 g/mol. The number of nitrogens with one attached hydrogen (secondary N) is 1. The maximum atomic E-state index is 12.3. The molecule has 0 aliphatic heterocycles. The molecule has 22 heavy (non-hydrogen) atoms. The van der Waals surface area contributed by atoms with Crippen molar-refractivity contribution in [2.45, 2.75) is 12.6 Å². The van der Waals surface area contributed by atoms with Crippen molar-refractivity contribution in [1.82, 2.24) is 5.32 Å². The number of rotatable bonds is 5. The zero-order chi connectivity index (χ0) is 16.2. The maximum Gasteiger partial charge on any atom is 0.454 e. The van der Waals surface area contributed by atoms with E-state index < -0.39 is 23.4 Å². The summed E-state index contributed by atoms with van der Waals surface area (Å²) < 4.78 is 36.9. The molecule has 2 rings (SSSR count). The smallest absolute Gasteiger partial charge is 0.351 e. The summed E-state index contributed by atoms with van der Waals surface area (Å²) in [6, 6.07) is 10.4. The highest BCUT2D eigenvalue weighted by Crippen LogP contribution is 2.24. The number of amides is 1. The van der Waals surface area contributed by atoms with E-state index in [0.29, 0.717) is 13.0 Å². The lowest BCUT2D eigenvalue weighted by atomic mass is 10.1. The maximum absolute atomic E-state index is 12.3. The first-order valence-corrected chi connectivity index (χ1v) is 7.28. The average Bonchev–Trinajstić information content (AvgIpc) is 2.96. The topological polar surface area (TPSA) is 46.2 Å². The van der Waals surface area contributed by atoms with E-state index in [1.165, 1.54) is 0 Å². The quantitative estimate of drug-likeness (QED) is 0.855. The highest BCUT2D eigenvalue weighted by molar-refractivity contribution is 7.12. The van der Waals surface area contributed by atoms with Gasteiger partial charge in [0.05, 0.1) is 4.88 Å². The molecule has 1 aromatic carbocycles. The monoisotopic (exact) mass is 327 g/mol. The van der Waals surface area contributed by atoms with Crippen LogP contribution in [0.1, 0.15) is 25.6 Å². The lowest BCUT2D eigenvalue weighted by Crippen LogP contribution is -2.25. The summed E-state index contributed by atoms with van der Waals surface area (Å²) in [5.41, 5.74) is 0.535. The Morgan fingerprint density at radius 2 is 1.82 bits per heavy atom. The summed E-state index contributed by atoms with van der Waals surface area (Å²) >= 11 is 0.815. The van der Waals surface area contributed by atoms with Gasteiger partial charge in [0.25, 0.3) is 11.7 Å². The van der Waals surface area contributed by atoms with Crippen LogP contribution in [0, 0.1) is 0 Å². The molecular formula is C15H12F3NO2S. The Balaban J connectivity index is 1.91. The number of ketones is 1. The molecule has 0 spiro atoms. The summed E-state index contributed by atoms with van der Waals surface area (Å²) in [4.78, 5) is 23.0. The van der Waals surface area contributed by atoms with Crippen LogP contribution in [-0.4, -0.2) is 24.4 Å². The van der Waals surface area contributed by atoms with Crippen molar-refractivity contribution in [3.63, 3.8) is 0 Å². The van der Waals surface area contributed by atoms with Gasteiger partial charge in [-0.25, -0.2) is 0 Å². The number of hydrogen-bond donors (Lipinski definition) is 1. The third-order valence-electron chi connectivity index (χ3n) is 2.88. The minimum Gasteiger partial charge on any atom is -0.351 e. The molecule has 0 bridgehead atoms. The molecule has 0 aliphatic rings.